The molecule has 4 unspecified atom stereocenters. The molecule has 0 saturated carbocycles. The summed E-state index contributed by atoms with van der Waals surface area (Å²) >= 11 is 0. The predicted octanol–water partition coefficient (Wildman–Crippen LogP) is 6.03. The lowest BCUT2D eigenvalue weighted by Gasteiger charge is -2.23. The van der Waals surface area contributed by atoms with Crippen LogP contribution in [-0.4, -0.2) is 37.0 Å². The monoisotopic (exact) mass is 551 g/mol. The van der Waals surface area contributed by atoms with Gasteiger partial charge in [-0.25, -0.2) is 0 Å². The first-order valence-corrected chi connectivity index (χ1v) is 14.4. The highest BCUT2D eigenvalue weighted by atomic mass is 32.2. The second kappa shape index (κ2) is 10.7. The van der Waals surface area contributed by atoms with Gasteiger partial charge in [-0.3, -0.25) is 4.55 Å². The van der Waals surface area contributed by atoms with Crippen LogP contribution in [-0.2, 0) is 36.3 Å². The molecular formula is C27H29F2O6S2+. The van der Waals surface area contributed by atoms with Gasteiger partial charge >= 0.3 is 15.4 Å². The van der Waals surface area contributed by atoms with Crippen molar-refractivity contribution in [3.63, 3.8) is 0 Å². The van der Waals surface area contributed by atoms with Gasteiger partial charge in [0.05, 0.1) is 23.6 Å². The Kier molecular flexibility index (Phi) is 7.96. The highest BCUT2D eigenvalue weighted by molar-refractivity contribution is 7.97. The first-order chi connectivity index (χ1) is 17.4. The topological polar surface area (TPSA) is 82.1 Å². The van der Waals surface area contributed by atoms with E-state index in [1.165, 1.54) is 12.1 Å². The lowest BCUT2D eigenvalue weighted by molar-refractivity contribution is -0.162. The molecule has 0 spiro atoms. The summed E-state index contributed by atoms with van der Waals surface area (Å²) in [5.74, 6) is -0.745. The number of hydrogen-bond acceptors (Lipinski definition) is 5. The molecule has 6 nitrogen and oxygen atoms in total. The Labute approximate surface area is 218 Å². The van der Waals surface area contributed by atoms with Crippen LogP contribution >= 0.6 is 0 Å². The average molecular weight is 552 g/mol. The minimum atomic E-state index is -5.61. The van der Waals surface area contributed by atoms with Crippen LogP contribution in [0.4, 0.5) is 8.78 Å². The van der Waals surface area contributed by atoms with E-state index >= 15 is 0 Å². The summed E-state index contributed by atoms with van der Waals surface area (Å²) < 4.78 is 75.8. The Hall–Kier alpha value is -2.50. The van der Waals surface area contributed by atoms with Crippen LogP contribution in [0.3, 0.4) is 0 Å². The van der Waals surface area contributed by atoms with Crippen molar-refractivity contribution in [2.75, 3.05) is 6.61 Å². The molecule has 0 aliphatic carbocycles. The van der Waals surface area contributed by atoms with Gasteiger partial charge in [0.15, 0.2) is 26.6 Å². The molecule has 37 heavy (non-hydrogen) atoms. The molecule has 0 aromatic heterocycles. The normalized spacial score (nSPS) is 21.9. The molecule has 10 heteroatoms. The fourth-order valence-corrected chi connectivity index (χ4v) is 6.52. The first-order valence-electron chi connectivity index (χ1n) is 11.8. The highest BCUT2D eigenvalue weighted by Crippen LogP contribution is 2.38. The van der Waals surface area contributed by atoms with E-state index in [1.807, 2.05) is 61.5 Å². The van der Waals surface area contributed by atoms with Gasteiger partial charge in [0.25, 0.3) is 0 Å². The number of benzene rings is 3. The number of ether oxygens (including phenoxy) is 3. The van der Waals surface area contributed by atoms with Crippen molar-refractivity contribution in [1.29, 1.82) is 0 Å². The summed E-state index contributed by atoms with van der Waals surface area (Å²) in [6.07, 6.45) is -1.15. The van der Waals surface area contributed by atoms with Crippen molar-refractivity contribution in [2.45, 2.75) is 65.1 Å². The van der Waals surface area contributed by atoms with Gasteiger partial charge in [-0.1, -0.05) is 25.1 Å². The molecule has 1 aliphatic rings. The van der Waals surface area contributed by atoms with E-state index in [0.717, 1.165) is 33.6 Å². The van der Waals surface area contributed by atoms with Gasteiger partial charge in [0.2, 0.25) is 0 Å². The fourth-order valence-electron chi connectivity index (χ4n) is 3.99. The Bertz CT molecular complexity index is 1300. The lowest BCUT2D eigenvalue weighted by atomic mass is 10.1. The quantitative estimate of drug-likeness (QED) is 0.258. The minimum Gasteiger partial charge on any atom is -0.483 e. The third kappa shape index (κ3) is 5.83. The second-order valence-electron chi connectivity index (χ2n) is 8.82. The number of halogens is 2. The Morgan fingerprint density at radius 1 is 1.03 bits per heavy atom. The molecule has 0 bridgehead atoms. The molecule has 0 radical (unpaired) electrons. The molecule has 1 N–H and O–H groups in total. The average Bonchev–Trinajstić information content (AvgIpc) is 3.28. The molecule has 1 saturated heterocycles. The van der Waals surface area contributed by atoms with E-state index in [4.69, 9.17) is 18.8 Å². The molecule has 1 aliphatic heterocycles. The third-order valence-electron chi connectivity index (χ3n) is 6.17. The highest BCUT2D eigenvalue weighted by Gasteiger charge is 2.51. The summed E-state index contributed by atoms with van der Waals surface area (Å²) in [5, 5.41) is -4.44. The summed E-state index contributed by atoms with van der Waals surface area (Å²) in [7, 11) is -6.13. The SMILES string of the molecule is CCC1COC(C)(c2ccc([S+](c3ccccc3)c3ccc(OC(C)C(F)(F)S(=O)(=O)O)cc3)cc2)O1. The van der Waals surface area contributed by atoms with Crippen LogP contribution in [0.1, 0.15) is 32.8 Å². The molecule has 3 aromatic carbocycles. The van der Waals surface area contributed by atoms with E-state index in [-0.39, 0.29) is 11.9 Å². The predicted molar refractivity (Wildman–Crippen MR) is 137 cm³/mol. The maximum absolute atomic E-state index is 13.9. The van der Waals surface area contributed by atoms with Gasteiger partial charge in [0.1, 0.15) is 5.75 Å². The number of rotatable bonds is 9. The summed E-state index contributed by atoms with van der Waals surface area (Å²) in [6.45, 7) is 5.41. The van der Waals surface area contributed by atoms with Gasteiger partial charge < -0.3 is 14.2 Å². The standard InChI is InChI=1S/C27H28F2O6S2/c1-4-21-18-33-26(3,35-21)20-10-14-24(15-11-20)36(23-8-6-5-7-9-23)25-16-12-22(13-17-25)34-19(2)27(28,29)37(30,31)32/h5-17,19,21H,4,18H2,1-3H3/p+1. The van der Waals surface area contributed by atoms with Crippen molar-refractivity contribution in [2.24, 2.45) is 0 Å². The smallest absolute Gasteiger partial charge is 0.405 e. The molecule has 198 valence electrons. The molecule has 1 fully saturated rings. The van der Waals surface area contributed by atoms with E-state index < -0.39 is 38.2 Å². The largest absolute Gasteiger partial charge is 0.483 e. The molecule has 4 atom stereocenters. The van der Waals surface area contributed by atoms with Gasteiger partial charge in [-0.15, -0.1) is 0 Å². The van der Waals surface area contributed by atoms with Gasteiger partial charge in [0, 0.05) is 5.56 Å². The maximum Gasteiger partial charge on any atom is 0.405 e. The summed E-state index contributed by atoms with van der Waals surface area (Å²) in [5.41, 5.74) is 0.918. The second-order valence-corrected chi connectivity index (χ2v) is 12.3. The summed E-state index contributed by atoms with van der Waals surface area (Å²) in [4.78, 5) is 3.00. The number of hydrogen-bond donors (Lipinski definition) is 1. The van der Waals surface area contributed by atoms with Crippen LogP contribution in [0.2, 0.25) is 0 Å². The maximum atomic E-state index is 13.9. The first kappa shape index (κ1) is 27.5. The van der Waals surface area contributed by atoms with Crippen molar-refractivity contribution < 1.29 is 36.0 Å². The van der Waals surface area contributed by atoms with Crippen LogP contribution in [0.5, 0.6) is 5.75 Å². The van der Waals surface area contributed by atoms with Crippen molar-refractivity contribution in [3.8, 4) is 5.75 Å². The van der Waals surface area contributed by atoms with Gasteiger partial charge in [-0.2, -0.15) is 17.2 Å². The van der Waals surface area contributed by atoms with E-state index in [2.05, 4.69) is 6.92 Å². The Balaban J connectivity index is 1.61. The molecule has 1 heterocycles. The van der Waals surface area contributed by atoms with Crippen LogP contribution in [0.15, 0.2) is 93.5 Å². The zero-order valence-corrected chi connectivity index (χ0v) is 22.3. The number of alkyl halides is 2. The molecule has 4 rings (SSSR count). The van der Waals surface area contributed by atoms with E-state index in [9.17, 15) is 17.2 Å². The van der Waals surface area contributed by atoms with Crippen molar-refractivity contribution >= 4 is 21.0 Å². The lowest BCUT2D eigenvalue weighted by Crippen LogP contribution is -2.42. The third-order valence-corrected chi connectivity index (χ3v) is 9.42. The van der Waals surface area contributed by atoms with Gasteiger partial charge in [-0.05, 0) is 80.9 Å². The zero-order valence-electron chi connectivity index (χ0n) is 20.6. The molecular weight excluding hydrogens is 522 g/mol. The van der Waals surface area contributed by atoms with E-state index in [1.54, 1.807) is 12.1 Å². The van der Waals surface area contributed by atoms with Crippen molar-refractivity contribution in [1.82, 2.24) is 0 Å². The van der Waals surface area contributed by atoms with Crippen LogP contribution in [0.25, 0.3) is 0 Å². The Morgan fingerprint density at radius 3 is 2.08 bits per heavy atom. The van der Waals surface area contributed by atoms with Crippen LogP contribution < -0.4 is 4.74 Å². The molecule has 3 aromatic rings. The summed E-state index contributed by atoms with van der Waals surface area (Å²) in [6, 6.07) is 24.5. The van der Waals surface area contributed by atoms with E-state index in [0.29, 0.717) is 6.61 Å². The molecule has 0 amide bonds. The zero-order chi connectivity index (χ0) is 26.8. The Morgan fingerprint density at radius 2 is 1.57 bits per heavy atom. The van der Waals surface area contributed by atoms with Crippen molar-refractivity contribution in [3.05, 3.63) is 84.4 Å². The van der Waals surface area contributed by atoms with Crippen LogP contribution in [0, 0.1) is 0 Å². The fraction of sp³-hybridized carbons (Fsp3) is 0.333. The minimum absolute atomic E-state index is 0.0560.